The lowest BCUT2D eigenvalue weighted by Crippen LogP contribution is -2.16. The lowest BCUT2D eigenvalue weighted by molar-refractivity contribution is -0.137. The smallest absolute Gasteiger partial charge is 0.416 e. The summed E-state index contributed by atoms with van der Waals surface area (Å²) in [7, 11) is 1.60. The van der Waals surface area contributed by atoms with E-state index in [4.69, 9.17) is 4.74 Å². The molecule has 0 spiro atoms. The maximum atomic E-state index is 12.8. The van der Waals surface area contributed by atoms with Gasteiger partial charge in [0.05, 0.1) is 5.56 Å². The number of Topliss-reactive ketones (excluding diaryl/α,β-unsaturated/α-hetero) is 1. The lowest BCUT2D eigenvalue weighted by Gasteiger charge is -2.12. The molecule has 1 aliphatic carbocycles. The number of amides is 1. The third kappa shape index (κ3) is 8.34. The van der Waals surface area contributed by atoms with E-state index in [2.05, 4.69) is 5.32 Å². The van der Waals surface area contributed by atoms with Crippen LogP contribution in [0.3, 0.4) is 0 Å². The Bertz CT molecular complexity index is 874. The zero-order valence-electron chi connectivity index (χ0n) is 17.9. The van der Waals surface area contributed by atoms with E-state index in [-0.39, 0.29) is 30.0 Å². The second-order valence-corrected chi connectivity index (χ2v) is 7.46. The van der Waals surface area contributed by atoms with Crippen LogP contribution in [-0.2, 0) is 15.8 Å². The van der Waals surface area contributed by atoms with E-state index in [1.54, 1.807) is 13.1 Å². The highest BCUT2D eigenvalue weighted by molar-refractivity contribution is 5.89. The lowest BCUT2D eigenvalue weighted by atomic mass is 9.95. The number of carbonyl (C=O) groups excluding carboxylic acids is 2. The van der Waals surface area contributed by atoms with Crippen molar-refractivity contribution in [2.45, 2.75) is 44.4 Å². The summed E-state index contributed by atoms with van der Waals surface area (Å²) in [6.07, 6.45) is 6.10. The molecule has 0 radical (unpaired) electrons. The minimum Gasteiger partial charge on any atom is -0.491 e. The van der Waals surface area contributed by atoms with Crippen molar-refractivity contribution >= 4 is 11.7 Å². The van der Waals surface area contributed by atoms with Crippen LogP contribution in [0.25, 0.3) is 0 Å². The molecule has 1 aromatic rings. The van der Waals surface area contributed by atoms with Crippen molar-refractivity contribution in [3.63, 3.8) is 0 Å². The number of nitrogens with one attached hydrogen (secondary N) is 1. The number of carbonyl (C=O) groups is 2. The molecule has 1 aromatic carbocycles. The second-order valence-electron chi connectivity index (χ2n) is 7.46. The molecule has 0 heterocycles. The van der Waals surface area contributed by atoms with Gasteiger partial charge in [0.15, 0.2) is 0 Å². The van der Waals surface area contributed by atoms with Crippen LogP contribution in [0, 0.1) is 5.92 Å². The summed E-state index contributed by atoms with van der Waals surface area (Å²) in [6.45, 7) is -0.213. The van der Waals surface area contributed by atoms with Crippen LogP contribution < -0.4 is 10.1 Å². The van der Waals surface area contributed by atoms with Crippen LogP contribution in [0.4, 0.5) is 13.2 Å². The van der Waals surface area contributed by atoms with E-state index in [9.17, 15) is 27.9 Å². The van der Waals surface area contributed by atoms with Crippen LogP contribution in [0.15, 0.2) is 60.2 Å². The van der Waals surface area contributed by atoms with Gasteiger partial charge in [-0.25, -0.2) is 0 Å². The summed E-state index contributed by atoms with van der Waals surface area (Å²) in [5.74, 6) is -0.190. The van der Waals surface area contributed by atoms with E-state index in [0.29, 0.717) is 19.3 Å². The molecule has 5 nitrogen and oxygen atoms in total. The summed E-state index contributed by atoms with van der Waals surface area (Å²) in [5, 5.41) is 12.7. The molecule has 2 rings (SSSR count). The van der Waals surface area contributed by atoms with Crippen molar-refractivity contribution in [1.82, 2.24) is 5.32 Å². The summed E-state index contributed by atoms with van der Waals surface area (Å²) in [4.78, 5) is 23.3. The van der Waals surface area contributed by atoms with Crippen molar-refractivity contribution in [2.24, 2.45) is 5.92 Å². The molecule has 0 saturated carbocycles. The summed E-state index contributed by atoms with van der Waals surface area (Å²) < 4.78 is 43.5. The highest BCUT2D eigenvalue weighted by atomic mass is 19.4. The molecule has 2 atom stereocenters. The highest BCUT2D eigenvalue weighted by Gasteiger charge is 2.30. The fourth-order valence-electron chi connectivity index (χ4n) is 3.22. The van der Waals surface area contributed by atoms with Gasteiger partial charge in [0, 0.05) is 25.8 Å². The SMILES string of the molecule is CNC(=O)CCCC=CC[C@H]1C(=O)CC=C1C=CC(O)COc1cccc(C(F)(F)F)c1. The topological polar surface area (TPSA) is 75.6 Å². The Balaban J connectivity index is 1.82. The molecule has 0 saturated heterocycles. The Kier molecular flexibility index (Phi) is 9.71. The zero-order valence-corrected chi connectivity index (χ0v) is 17.9. The number of rotatable bonds is 11. The van der Waals surface area contributed by atoms with Gasteiger partial charge >= 0.3 is 6.18 Å². The van der Waals surface area contributed by atoms with E-state index >= 15 is 0 Å². The van der Waals surface area contributed by atoms with Crippen LogP contribution in [0.1, 0.15) is 37.7 Å². The molecule has 0 fully saturated rings. The van der Waals surface area contributed by atoms with Gasteiger partial charge in [-0.15, -0.1) is 0 Å². The first kappa shape index (κ1) is 25.4. The molecule has 174 valence electrons. The van der Waals surface area contributed by atoms with E-state index in [1.807, 2.05) is 18.2 Å². The first-order chi connectivity index (χ1) is 15.2. The second kappa shape index (κ2) is 12.2. The third-order valence-corrected chi connectivity index (χ3v) is 5.01. The van der Waals surface area contributed by atoms with Crippen molar-refractivity contribution in [3.05, 3.63) is 65.8 Å². The van der Waals surface area contributed by atoms with Gasteiger partial charge in [0.25, 0.3) is 0 Å². The first-order valence-electron chi connectivity index (χ1n) is 10.5. The highest BCUT2D eigenvalue weighted by Crippen LogP contribution is 2.31. The van der Waals surface area contributed by atoms with Crippen molar-refractivity contribution in [1.29, 1.82) is 0 Å². The number of unbranched alkanes of at least 4 members (excludes halogenated alkanes) is 1. The molecule has 1 unspecified atom stereocenters. The number of ketones is 1. The van der Waals surface area contributed by atoms with Gasteiger partial charge in [0.2, 0.25) is 5.91 Å². The molecule has 0 aliphatic heterocycles. The number of allylic oxidation sites excluding steroid dienone is 5. The Labute approximate surface area is 185 Å². The number of aliphatic hydroxyl groups excluding tert-OH is 1. The van der Waals surface area contributed by atoms with Gasteiger partial charge in [0.1, 0.15) is 24.2 Å². The van der Waals surface area contributed by atoms with Gasteiger partial charge < -0.3 is 15.2 Å². The van der Waals surface area contributed by atoms with Crippen LogP contribution in [0.2, 0.25) is 0 Å². The summed E-state index contributed by atoms with van der Waals surface area (Å²) in [6, 6.07) is 4.46. The average Bonchev–Trinajstić information content (AvgIpc) is 3.11. The van der Waals surface area contributed by atoms with Crippen molar-refractivity contribution in [3.8, 4) is 5.75 Å². The number of ether oxygens (including phenoxy) is 1. The minimum atomic E-state index is -4.47. The number of alkyl halides is 3. The predicted molar refractivity (Wildman–Crippen MR) is 115 cm³/mol. The maximum absolute atomic E-state index is 12.8. The molecular formula is C24H28F3NO4. The largest absolute Gasteiger partial charge is 0.491 e. The zero-order chi connectivity index (χ0) is 23.6. The van der Waals surface area contributed by atoms with Crippen molar-refractivity contribution in [2.75, 3.05) is 13.7 Å². The van der Waals surface area contributed by atoms with Gasteiger partial charge in [-0.2, -0.15) is 13.2 Å². The van der Waals surface area contributed by atoms with Crippen LogP contribution in [0.5, 0.6) is 5.75 Å². The Morgan fingerprint density at radius 3 is 2.84 bits per heavy atom. The van der Waals surface area contributed by atoms with Gasteiger partial charge in [-0.05, 0) is 43.0 Å². The molecule has 32 heavy (non-hydrogen) atoms. The molecule has 2 N–H and O–H groups in total. The monoisotopic (exact) mass is 451 g/mol. The number of aliphatic hydroxyl groups is 1. The molecule has 1 amide bonds. The van der Waals surface area contributed by atoms with Crippen LogP contribution in [-0.4, -0.2) is 36.6 Å². The number of hydrogen-bond acceptors (Lipinski definition) is 4. The van der Waals surface area contributed by atoms with Crippen molar-refractivity contribution < 1.29 is 32.6 Å². The molecule has 8 heteroatoms. The number of hydrogen-bond donors (Lipinski definition) is 2. The van der Waals surface area contributed by atoms with Gasteiger partial charge in [-0.3, -0.25) is 9.59 Å². The maximum Gasteiger partial charge on any atom is 0.416 e. The quantitative estimate of drug-likeness (QED) is 0.387. The Morgan fingerprint density at radius 1 is 1.34 bits per heavy atom. The average molecular weight is 451 g/mol. The fraction of sp³-hybridized carbons (Fsp3) is 0.417. The third-order valence-electron chi connectivity index (χ3n) is 5.01. The number of halogens is 3. The minimum absolute atomic E-state index is 0.00433. The molecule has 0 bridgehead atoms. The van der Waals surface area contributed by atoms with E-state index < -0.39 is 17.8 Å². The van der Waals surface area contributed by atoms with E-state index in [0.717, 1.165) is 30.5 Å². The molecule has 0 aromatic heterocycles. The number of benzene rings is 1. The fourth-order valence-corrected chi connectivity index (χ4v) is 3.22. The summed E-state index contributed by atoms with van der Waals surface area (Å²) in [5.41, 5.74) is -0.0256. The predicted octanol–water partition coefficient (Wildman–Crippen LogP) is 4.38. The first-order valence-corrected chi connectivity index (χ1v) is 10.5. The molecule has 1 aliphatic rings. The Morgan fingerprint density at radius 2 is 2.12 bits per heavy atom. The van der Waals surface area contributed by atoms with Gasteiger partial charge in [-0.1, -0.05) is 36.4 Å². The molecular weight excluding hydrogens is 423 g/mol. The van der Waals surface area contributed by atoms with Crippen LogP contribution >= 0.6 is 0 Å². The summed E-state index contributed by atoms with van der Waals surface area (Å²) >= 11 is 0. The Hall–Kier alpha value is -2.87. The normalized spacial score (nSPS) is 17.7. The standard InChI is InChI=1S/C24H28F3NO4/c1-28-23(31)10-5-3-2-4-9-21-17(12-14-22(21)30)11-13-19(29)16-32-20-8-6-7-18(15-20)24(25,26)27/h2,4,6-8,11-13,15,19,21,29H,3,5,9-10,14,16H2,1H3,(H,28,31)/t19?,21-/m1/s1. The van der Waals surface area contributed by atoms with E-state index in [1.165, 1.54) is 18.2 Å².